The molecule has 0 saturated heterocycles. The van der Waals surface area contributed by atoms with Gasteiger partial charge in [0.25, 0.3) is 10.0 Å². The first-order valence-corrected chi connectivity index (χ1v) is 13.5. The summed E-state index contributed by atoms with van der Waals surface area (Å²) >= 11 is 3.40. The van der Waals surface area contributed by atoms with Crippen LogP contribution in [0.15, 0.2) is 82.2 Å². The molecule has 0 bridgehead atoms. The number of benzene rings is 3. The summed E-state index contributed by atoms with van der Waals surface area (Å²) in [6, 6.07) is 16.8. The van der Waals surface area contributed by atoms with Crippen molar-refractivity contribution in [3.63, 3.8) is 0 Å². The van der Waals surface area contributed by atoms with Crippen molar-refractivity contribution in [1.29, 1.82) is 0 Å². The van der Waals surface area contributed by atoms with Gasteiger partial charge < -0.3 is 15.0 Å². The molecule has 0 aliphatic carbocycles. The minimum absolute atomic E-state index is 0.0622. The number of hydrogen-bond donors (Lipinski definition) is 1. The van der Waals surface area contributed by atoms with Gasteiger partial charge in [0.1, 0.15) is 24.2 Å². The molecule has 196 valence electrons. The van der Waals surface area contributed by atoms with Crippen LogP contribution in [0.1, 0.15) is 12.5 Å². The van der Waals surface area contributed by atoms with E-state index in [1.807, 2.05) is 12.1 Å². The van der Waals surface area contributed by atoms with Crippen molar-refractivity contribution in [3.05, 3.63) is 88.6 Å². The number of sulfonamides is 1. The summed E-state index contributed by atoms with van der Waals surface area (Å²) in [5.74, 6) is -1.11. The molecule has 0 spiro atoms. The van der Waals surface area contributed by atoms with Crippen LogP contribution in [-0.2, 0) is 26.2 Å². The van der Waals surface area contributed by atoms with E-state index in [9.17, 15) is 22.4 Å². The Balaban J connectivity index is 2.02. The molecule has 1 atom stereocenters. The molecular formula is C26H27BrFN3O5S. The Morgan fingerprint density at radius 1 is 1.05 bits per heavy atom. The van der Waals surface area contributed by atoms with Gasteiger partial charge in [-0.1, -0.05) is 28.1 Å². The molecule has 0 aliphatic rings. The zero-order chi connectivity index (χ0) is 27.2. The maximum atomic E-state index is 13.7. The van der Waals surface area contributed by atoms with Crippen LogP contribution in [0.5, 0.6) is 5.75 Å². The predicted octanol–water partition coefficient (Wildman–Crippen LogP) is 3.96. The second-order valence-corrected chi connectivity index (χ2v) is 10.9. The van der Waals surface area contributed by atoms with Gasteiger partial charge in [0.2, 0.25) is 11.8 Å². The monoisotopic (exact) mass is 591 g/mol. The summed E-state index contributed by atoms with van der Waals surface area (Å²) in [7, 11) is -1.34. The molecule has 3 rings (SSSR count). The maximum absolute atomic E-state index is 13.7. The van der Waals surface area contributed by atoms with Crippen LogP contribution in [0.25, 0.3) is 0 Å². The maximum Gasteiger partial charge on any atom is 0.264 e. The third-order valence-corrected chi connectivity index (χ3v) is 7.98. The van der Waals surface area contributed by atoms with Crippen LogP contribution in [0.3, 0.4) is 0 Å². The van der Waals surface area contributed by atoms with E-state index in [0.29, 0.717) is 5.75 Å². The molecule has 37 heavy (non-hydrogen) atoms. The van der Waals surface area contributed by atoms with Gasteiger partial charge in [0.15, 0.2) is 0 Å². The molecule has 1 unspecified atom stereocenters. The van der Waals surface area contributed by atoms with Gasteiger partial charge in [-0.2, -0.15) is 0 Å². The minimum Gasteiger partial charge on any atom is -0.497 e. The molecule has 3 aromatic carbocycles. The first kappa shape index (κ1) is 28.1. The van der Waals surface area contributed by atoms with Gasteiger partial charge in [-0.15, -0.1) is 0 Å². The fourth-order valence-electron chi connectivity index (χ4n) is 3.63. The van der Waals surface area contributed by atoms with Gasteiger partial charge in [-0.3, -0.25) is 13.9 Å². The molecule has 3 aromatic rings. The van der Waals surface area contributed by atoms with E-state index in [1.54, 1.807) is 19.1 Å². The fourth-order valence-corrected chi connectivity index (χ4v) is 5.50. The highest BCUT2D eigenvalue weighted by atomic mass is 79.9. The lowest BCUT2D eigenvalue weighted by Gasteiger charge is -2.31. The summed E-state index contributed by atoms with van der Waals surface area (Å²) in [6.07, 6.45) is 0. The molecular weight excluding hydrogens is 565 g/mol. The van der Waals surface area contributed by atoms with E-state index < -0.39 is 40.2 Å². The summed E-state index contributed by atoms with van der Waals surface area (Å²) in [5, 5.41) is 2.53. The van der Waals surface area contributed by atoms with Crippen LogP contribution in [0.4, 0.5) is 10.1 Å². The number of rotatable bonds is 10. The number of likely N-dealkylation sites (N-methyl/N-ethyl adjacent to an activating group) is 1. The lowest BCUT2D eigenvalue weighted by molar-refractivity contribution is -0.139. The molecule has 0 aliphatic heterocycles. The highest BCUT2D eigenvalue weighted by Gasteiger charge is 2.32. The number of hydrogen-bond acceptors (Lipinski definition) is 5. The van der Waals surface area contributed by atoms with Crippen LogP contribution in [0, 0.1) is 5.82 Å². The van der Waals surface area contributed by atoms with Gasteiger partial charge in [-0.25, -0.2) is 12.8 Å². The summed E-state index contributed by atoms with van der Waals surface area (Å²) < 4.78 is 47.8. The Labute approximate surface area is 224 Å². The number of anilines is 1. The van der Waals surface area contributed by atoms with Crippen molar-refractivity contribution in [2.45, 2.75) is 24.4 Å². The second-order valence-electron chi connectivity index (χ2n) is 8.11. The van der Waals surface area contributed by atoms with Gasteiger partial charge in [0.05, 0.1) is 17.7 Å². The number of carbonyl (C=O) groups excluding carboxylic acids is 2. The van der Waals surface area contributed by atoms with Crippen LogP contribution < -0.4 is 14.4 Å². The SMILES string of the molecule is CNC(=O)C(C)N(Cc1cccc(Br)c1)C(=O)CN(c1ccc(F)cc1)S(=O)(=O)c1ccc(OC)cc1. The van der Waals surface area contributed by atoms with Crippen molar-refractivity contribution < 1.29 is 27.1 Å². The highest BCUT2D eigenvalue weighted by Crippen LogP contribution is 2.26. The van der Waals surface area contributed by atoms with Crippen LogP contribution in [-0.4, -0.2) is 51.9 Å². The number of nitrogens with zero attached hydrogens (tertiary/aromatic N) is 2. The Bertz CT molecular complexity index is 1350. The third-order valence-electron chi connectivity index (χ3n) is 5.70. The quantitative estimate of drug-likeness (QED) is 0.385. The van der Waals surface area contributed by atoms with E-state index >= 15 is 0 Å². The third kappa shape index (κ3) is 6.86. The molecule has 0 aromatic heterocycles. The Kier molecular flexibility index (Phi) is 9.28. The van der Waals surface area contributed by atoms with Crippen molar-refractivity contribution in [1.82, 2.24) is 10.2 Å². The standard InChI is InChI=1S/C26H27BrFN3O5S/c1-18(26(33)29-2)30(16-19-5-4-6-20(27)15-19)25(32)17-31(22-9-7-21(28)8-10-22)37(34,35)24-13-11-23(36-3)12-14-24/h4-15,18H,16-17H2,1-3H3,(H,29,33). The molecule has 0 heterocycles. The summed E-state index contributed by atoms with van der Waals surface area (Å²) in [5.41, 5.74) is 0.838. The average molecular weight is 592 g/mol. The van der Waals surface area contributed by atoms with E-state index in [1.165, 1.54) is 55.5 Å². The van der Waals surface area contributed by atoms with Gasteiger partial charge >= 0.3 is 0 Å². The topological polar surface area (TPSA) is 96.0 Å². The van der Waals surface area contributed by atoms with Crippen molar-refractivity contribution in [2.75, 3.05) is 25.0 Å². The van der Waals surface area contributed by atoms with Gasteiger partial charge in [0, 0.05) is 18.1 Å². The lowest BCUT2D eigenvalue weighted by atomic mass is 10.1. The Morgan fingerprint density at radius 3 is 2.27 bits per heavy atom. The lowest BCUT2D eigenvalue weighted by Crippen LogP contribution is -2.50. The number of amides is 2. The number of halogens is 2. The molecule has 11 heteroatoms. The number of methoxy groups -OCH3 is 1. The van der Waals surface area contributed by atoms with Crippen LogP contribution in [0.2, 0.25) is 0 Å². The highest BCUT2D eigenvalue weighted by molar-refractivity contribution is 9.10. The molecule has 0 fully saturated rings. The Morgan fingerprint density at radius 2 is 1.70 bits per heavy atom. The number of ether oxygens (including phenoxy) is 1. The molecule has 1 N–H and O–H groups in total. The fraction of sp³-hybridized carbons (Fsp3) is 0.231. The largest absolute Gasteiger partial charge is 0.497 e. The molecule has 2 amide bonds. The predicted molar refractivity (Wildman–Crippen MR) is 142 cm³/mol. The van der Waals surface area contributed by atoms with Crippen molar-refractivity contribution in [3.8, 4) is 5.75 Å². The normalized spacial score (nSPS) is 11.9. The van der Waals surface area contributed by atoms with Crippen molar-refractivity contribution in [2.24, 2.45) is 0 Å². The number of carbonyl (C=O) groups is 2. The van der Waals surface area contributed by atoms with E-state index in [2.05, 4.69) is 21.2 Å². The Hall–Kier alpha value is -3.44. The molecule has 0 radical (unpaired) electrons. The van der Waals surface area contributed by atoms with Crippen LogP contribution >= 0.6 is 15.9 Å². The zero-order valence-electron chi connectivity index (χ0n) is 20.5. The van der Waals surface area contributed by atoms with Gasteiger partial charge in [-0.05, 0) is 73.2 Å². The zero-order valence-corrected chi connectivity index (χ0v) is 22.9. The van der Waals surface area contributed by atoms with E-state index in [4.69, 9.17) is 4.74 Å². The smallest absolute Gasteiger partial charge is 0.264 e. The van der Waals surface area contributed by atoms with E-state index in [0.717, 1.165) is 26.5 Å². The molecule has 0 saturated carbocycles. The minimum atomic E-state index is -4.25. The number of nitrogens with one attached hydrogen (secondary N) is 1. The second kappa shape index (κ2) is 12.2. The van der Waals surface area contributed by atoms with Crippen molar-refractivity contribution >= 4 is 43.5 Å². The summed E-state index contributed by atoms with van der Waals surface area (Å²) in [6.45, 7) is 1.01. The average Bonchev–Trinajstić information content (AvgIpc) is 2.90. The first-order valence-electron chi connectivity index (χ1n) is 11.2. The first-order chi connectivity index (χ1) is 17.6. The molecule has 8 nitrogen and oxygen atoms in total. The van der Waals surface area contributed by atoms with E-state index in [-0.39, 0.29) is 17.1 Å². The summed E-state index contributed by atoms with van der Waals surface area (Å²) in [4.78, 5) is 27.4.